The minimum atomic E-state index is -0.0883. The zero-order valence-electron chi connectivity index (χ0n) is 13.7. The molecule has 0 bridgehead atoms. The lowest BCUT2D eigenvalue weighted by molar-refractivity contribution is -0.117. The highest BCUT2D eigenvalue weighted by Gasteiger charge is 2.25. The van der Waals surface area contributed by atoms with E-state index in [1.165, 1.54) is 16.5 Å². The lowest BCUT2D eigenvalue weighted by atomic mass is 9.81. The van der Waals surface area contributed by atoms with Crippen LogP contribution in [0.1, 0.15) is 51.0 Å². The molecule has 0 spiro atoms. The van der Waals surface area contributed by atoms with Crippen LogP contribution >= 0.6 is 0 Å². The van der Waals surface area contributed by atoms with Gasteiger partial charge in [-0.05, 0) is 37.3 Å². The minimum absolute atomic E-state index is 0.0883. The van der Waals surface area contributed by atoms with E-state index < -0.39 is 0 Å². The third-order valence-electron chi connectivity index (χ3n) is 4.45. The van der Waals surface area contributed by atoms with Crippen molar-refractivity contribution in [2.75, 3.05) is 0 Å². The Bertz CT molecular complexity index is 656. The summed E-state index contributed by atoms with van der Waals surface area (Å²) < 4.78 is 2.13. The number of aldehydes is 1. The fourth-order valence-electron chi connectivity index (χ4n) is 3.31. The van der Waals surface area contributed by atoms with Gasteiger partial charge in [0.05, 0.1) is 0 Å². The summed E-state index contributed by atoms with van der Waals surface area (Å²) in [6.07, 6.45) is 6.31. The lowest BCUT2D eigenvalue weighted by Crippen LogP contribution is -2.15. The van der Waals surface area contributed by atoms with Gasteiger partial charge in [0.2, 0.25) is 0 Å². The summed E-state index contributed by atoms with van der Waals surface area (Å²) in [4.78, 5) is 22.9. The number of rotatable bonds is 8. The van der Waals surface area contributed by atoms with Crippen LogP contribution in [0.15, 0.2) is 30.5 Å². The molecule has 0 unspecified atom stereocenters. The van der Waals surface area contributed by atoms with Crippen molar-refractivity contribution >= 4 is 23.0 Å². The van der Waals surface area contributed by atoms with Crippen molar-refractivity contribution in [1.29, 1.82) is 0 Å². The zero-order valence-corrected chi connectivity index (χ0v) is 13.7. The second-order valence-electron chi connectivity index (χ2n) is 6.15. The Balaban J connectivity index is 2.40. The first-order chi connectivity index (χ1) is 10.6. The fraction of sp³-hybridized carbons (Fsp3) is 0.474. The summed E-state index contributed by atoms with van der Waals surface area (Å²) >= 11 is 0. The smallest absolute Gasteiger partial charge is 0.129 e. The maximum atomic E-state index is 11.6. The number of nitrogens with zero attached hydrogens (tertiary/aromatic N) is 1. The lowest BCUT2D eigenvalue weighted by Gasteiger charge is -2.22. The molecular weight excluding hydrogens is 274 g/mol. The highest BCUT2D eigenvalue weighted by atomic mass is 16.1. The van der Waals surface area contributed by atoms with Crippen LogP contribution in [0.2, 0.25) is 0 Å². The Morgan fingerprint density at radius 1 is 1.27 bits per heavy atom. The third kappa shape index (κ3) is 3.46. The van der Waals surface area contributed by atoms with Gasteiger partial charge in [-0.25, -0.2) is 0 Å². The highest BCUT2D eigenvalue weighted by molar-refractivity contribution is 5.85. The van der Waals surface area contributed by atoms with Gasteiger partial charge < -0.3 is 14.2 Å². The molecule has 2 aromatic rings. The van der Waals surface area contributed by atoms with Gasteiger partial charge in [-0.15, -0.1) is 0 Å². The molecular formula is C19H25NO2. The number of carbonyl (C=O) groups excluding carboxylic acids is 2. The van der Waals surface area contributed by atoms with Gasteiger partial charge >= 0.3 is 0 Å². The van der Waals surface area contributed by atoms with Crippen molar-refractivity contribution in [3.63, 3.8) is 0 Å². The number of Topliss-reactive ketones (excluding diaryl/α,β-unsaturated/α-hetero) is 1. The SMILES string of the molecule is CCC[C@@H](c1cn(C)c2ccccc12)[C@@H](C=O)CCC(C)=O. The van der Waals surface area contributed by atoms with E-state index in [0.717, 1.165) is 19.1 Å². The summed E-state index contributed by atoms with van der Waals surface area (Å²) in [5.41, 5.74) is 2.43. The summed E-state index contributed by atoms with van der Waals surface area (Å²) in [5.74, 6) is 0.252. The quantitative estimate of drug-likeness (QED) is 0.684. The van der Waals surface area contributed by atoms with Gasteiger partial charge in [-0.3, -0.25) is 0 Å². The van der Waals surface area contributed by atoms with Crippen LogP contribution in [0.4, 0.5) is 0 Å². The monoisotopic (exact) mass is 299 g/mol. The van der Waals surface area contributed by atoms with Crippen LogP contribution in [0, 0.1) is 5.92 Å². The van der Waals surface area contributed by atoms with E-state index in [1.54, 1.807) is 6.92 Å². The van der Waals surface area contributed by atoms with Gasteiger partial charge in [-0.2, -0.15) is 0 Å². The van der Waals surface area contributed by atoms with E-state index in [2.05, 4.69) is 29.8 Å². The Morgan fingerprint density at radius 3 is 2.64 bits per heavy atom. The van der Waals surface area contributed by atoms with Gasteiger partial charge in [0.15, 0.2) is 0 Å². The van der Waals surface area contributed by atoms with Crippen LogP contribution < -0.4 is 0 Å². The van der Waals surface area contributed by atoms with Crippen molar-refractivity contribution < 1.29 is 9.59 Å². The maximum Gasteiger partial charge on any atom is 0.129 e. The molecule has 0 aliphatic rings. The van der Waals surface area contributed by atoms with Crippen molar-refractivity contribution in [2.45, 2.75) is 45.4 Å². The largest absolute Gasteiger partial charge is 0.350 e. The predicted molar refractivity (Wildman–Crippen MR) is 90.0 cm³/mol. The summed E-state index contributed by atoms with van der Waals surface area (Å²) in [7, 11) is 2.04. The minimum Gasteiger partial charge on any atom is -0.350 e. The molecule has 0 amide bonds. The van der Waals surface area contributed by atoms with Crippen LogP contribution in [0.25, 0.3) is 10.9 Å². The average Bonchev–Trinajstić information content (AvgIpc) is 2.84. The maximum absolute atomic E-state index is 11.6. The van der Waals surface area contributed by atoms with Crippen molar-refractivity contribution in [2.24, 2.45) is 13.0 Å². The van der Waals surface area contributed by atoms with E-state index >= 15 is 0 Å². The van der Waals surface area contributed by atoms with Gasteiger partial charge in [-0.1, -0.05) is 31.5 Å². The average molecular weight is 299 g/mol. The molecule has 0 aliphatic carbocycles. The molecule has 0 radical (unpaired) electrons. The number of benzene rings is 1. The molecule has 118 valence electrons. The van der Waals surface area contributed by atoms with E-state index in [0.29, 0.717) is 12.8 Å². The number of aromatic nitrogens is 1. The highest BCUT2D eigenvalue weighted by Crippen LogP contribution is 2.36. The van der Waals surface area contributed by atoms with E-state index in [9.17, 15) is 9.59 Å². The number of ketones is 1. The van der Waals surface area contributed by atoms with E-state index in [1.807, 2.05) is 19.2 Å². The number of hydrogen-bond donors (Lipinski definition) is 0. The van der Waals surface area contributed by atoms with Gasteiger partial charge in [0.25, 0.3) is 0 Å². The molecule has 0 saturated carbocycles. The molecule has 0 saturated heterocycles. The molecule has 2 rings (SSSR count). The first-order valence-electron chi connectivity index (χ1n) is 8.07. The second-order valence-corrected chi connectivity index (χ2v) is 6.15. The topological polar surface area (TPSA) is 39.1 Å². The normalized spacial score (nSPS) is 14.0. The van der Waals surface area contributed by atoms with Crippen LogP contribution in [0.5, 0.6) is 0 Å². The Morgan fingerprint density at radius 2 is 2.00 bits per heavy atom. The number of carbonyl (C=O) groups is 2. The summed E-state index contributed by atoms with van der Waals surface area (Å²) in [6, 6.07) is 8.31. The zero-order chi connectivity index (χ0) is 16.1. The number of hydrogen-bond acceptors (Lipinski definition) is 2. The Labute approximate surface area is 132 Å². The second kappa shape index (κ2) is 7.39. The van der Waals surface area contributed by atoms with E-state index in [-0.39, 0.29) is 17.6 Å². The van der Waals surface area contributed by atoms with Crippen LogP contribution in [0.3, 0.4) is 0 Å². The Hall–Kier alpha value is -1.90. The number of para-hydroxylation sites is 1. The van der Waals surface area contributed by atoms with E-state index in [4.69, 9.17) is 0 Å². The van der Waals surface area contributed by atoms with Crippen molar-refractivity contribution in [1.82, 2.24) is 4.57 Å². The molecule has 0 aliphatic heterocycles. The third-order valence-corrected chi connectivity index (χ3v) is 4.45. The first kappa shape index (κ1) is 16.5. The van der Waals surface area contributed by atoms with Crippen LogP contribution in [-0.2, 0) is 16.6 Å². The molecule has 22 heavy (non-hydrogen) atoms. The molecule has 1 aromatic heterocycles. The number of fused-ring (bicyclic) bond motifs is 1. The Kier molecular flexibility index (Phi) is 5.53. The molecule has 3 heteroatoms. The molecule has 0 N–H and O–H groups in total. The van der Waals surface area contributed by atoms with Crippen molar-refractivity contribution in [3.05, 3.63) is 36.0 Å². The molecule has 1 aromatic carbocycles. The number of aryl methyl sites for hydroxylation is 1. The first-order valence-corrected chi connectivity index (χ1v) is 8.07. The molecule has 2 atom stereocenters. The molecule has 1 heterocycles. The standard InChI is InChI=1S/C19H25NO2/c1-4-7-16(15(13-21)11-10-14(2)22)18-12-20(3)19-9-6-5-8-17(18)19/h5-6,8-9,12-13,15-16H,4,7,10-11H2,1-3H3/t15-,16-/m1/s1. The molecule has 0 fully saturated rings. The van der Waals surface area contributed by atoms with Gasteiger partial charge in [0, 0.05) is 36.5 Å². The van der Waals surface area contributed by atoms with Crippen LogP contribution in [-0.4, -0.2) is 16.6 Å². The summed E-state index contributed by atoms with van der Waals surface area (Å²) in [6.45, 7) is 3.74. The predicted octanol–water partition coefficient (Wildman–Crippen LogP) is 4.25. The van der Waals surface area contributed by atoms with Gasteiger partial charge in [0.1, 0.15) is 12.1 Å². The molecule has 3 nitrogen and oxygen atoms in total. The fourth-order valence-corrected chi connectivity index (χ4v) is 3.31. The van der Waals surface area contributed by atoms with Crippen molar-refractivity contribution in [3.8, 4) is 0 Å². The summed E-state index contributed by atoms with van der Waals surface area (Å²) in [5, 5.41) is 1.22.